The molecule has 2 N–H and O–H groups in total. The predicted molar refractivity (Wildman–Crippen MR) is 39.4 cm³/mol. The second-order valence-electron chi connectivity index (χ2n) is 1.99. The molecule has 0 heterocycles. The zero-order valence-electron chi connectivity index (χ0n) is 5.91. The van der Waals surface area contributed by atoms with E-state index in [1.54, 1.807) is 0 Å². The van der Waals surface area contributed by atoms with Crippen LogP contribution in [0, 0.1) is 6.92 Å². The molecular weight excluding hydrogens is 170 g/mol. The molecule has 0 aromatic rings. The maximum atomic E-state index is 10.1. The summed E-state index contributed by atoms with van der Waals surface area (Å²) in [5, 5.41) is 2.29. The van der Waals surface area contributed by atoms with Gasteiger partial charge in [-0.15, -0.1) is 0 Å². The lowest BCUT2D eigenvalue weighted by Crippen LogP contribution is -2.23. The number of carbonyl (C=O) groups excluding carboxylic acids is 1. The number of nitrogens with one attached hydrogen (secondary N) is 1. The molecule has 11 heavy (non-hydrogen) atoms. The molecule has 0 aliphatic heterocycles. The van der Waals surface area contributed by atoms with Gasteiger partial charge in [0.15, 0.2) is 0 Å². The number of hydrogen-bond acceptors (Lipinski definition) is 3. The minimum absolute atomic E-state index is 0.195. The van der Waals surface area contributed by atoms with Gasteiger partial charge in [-0.2, -0.15) is 8.42 Å². The second-order valence-corrected chi connectivity index (χ2v) is 3.56. The van der Waals surface area contributed by atoms with E-state index in [0.29, 0.717) is 0 Å². The third kappa shape index (κ3) is 9.38. The lowest BCUT2D eigenvalue weighted by Gasteiger charge is -1.98. The van der Waals surface area contributed by atoms with Gasteiger partial charge in [-0.05, 0) is 6.42 Å². The summed E-state index contributed by atoms with van der Waals surface area (Å²) < 4.78 is 28.4. The van der Waals surface area contributed by atoms with Gasteiger partial charge in [0.1, 0.15) is 0 Å². The topological polar surface area (TPSA) is 83.5 Å². The van der Waals surface area contributed by atoms with Crippen molar-refractivity contribution < 1.29 is 17.8 Å². The van der Waals surface area contributed by atoms with Crippen LogP contribution in [-0.2, 0) is 14.9 Å². The molecule has 1 amide bonds. The van der Waals surface area contributed by atoms with Gasteiger partial charge in [0.05, 0.1) is 5.75 Å². The van der Waals surface area contributed by atoms with Crippen molar-refractivity contribution >= 4 is 16.0 Å². The van der Waals surface area contributed by atoms with E-state index in [9.17, 15) is 13.2 Å². The van der Waals surface area contributed by atoms with Crippen molar-refractivity contribution in [3.63, 3.8) is 0 Å². The molecule has 0 rings (SSSR count). The van der Waals surface area contributed by atoms with E-state index in [1.807, 2.05) is 0 Å². The van der Waals surface area contributed by atoms with Crippen molar-refractivity contribution in [3.05, 3.63) is 6.92 Å². The van der Waals surface area contributed by atoms with E-state index in [2.05, 4.69) is 12.2 Å². The highest BCUT2D eigenvalue weighted by Gasteiger charge is 2.02. The third-order valence-corrected chi connectivity index (χ3v) is 1.71. The molecule has 0 spiro atoms. The fourth-order valence-corrected chi connectivity index (χ4v) is 0.992. The molecule has 0 aliphatic rings. The SMILES string of the molecule is [CH2]C(=O)NCCCS(=O)(=O)O. The summed E-state index contributed by atoms with van der Waals surface area (Å²) in [5.41, 5.74) is 0. The Kier molecular flexibility index (Phi) is 4.06. The molecule has 0 fully saturated rings. The summed E-state index contributed by atoms with van der Waals surface area (Å²) in [6.07, 6.45) is 0.195. The molecule has 65 valence electrons. The Morgan fingerprint density at radius 1 is 1.55 bits per heavy atom. The number of amides is 1. The Balaban J connectivity index is 3.37. The lowest BCUT2D eigenvalue weighted by atomic mass is 10.5. The zero-order valence-corrected chi connectivity index (χ0v) is 6.73. The number of hydrogen-bond donors (Lipinski definition) is 2. The predicted octanol–water partition coefficient (Wildman–Crippen LogP) is -0.785. The van der Waals surface area contributed by atoms with E-state index < -0.39 is 16.0 Å². The van der Waals surface area contributed by atoms with Gasteiger partial charge < -0.3 is 5.32 Å². The summed E-state index contributed by atoms with van der Waals surface area (Å²) in [6.45, 7) is 3.22. The smallest absolute Gasteiger partial charge is 0.264 e. The van der Waals surface area contributed by atoms with Crippen LogP contribution in [0.25, 0.3) is 0 Å². The molecular formula is C5H10NO4S. The van der Waals surface area contributed by atoms with Crippen LogP contribution in [0.2, 0.25) is 0 Å². The molecule has 0 saturated carbocycles. The monoisotopic (exact) mass is 180 g/mol. The van der Waals surface area contributed by atoms with Crippen molar-refractivity contribution in [2.75, 3.05) is 12.3 Å². The molecule has 0 aromatic heterocycles. The zero-order chi connectivity index (χ0) is 8.91. The molecule has 0 unspecified atom stereocenters. The molecule has 5 nitrogen and oxygen atoms in total. The summed E-state index contributed by atoms with van der Waals surface area (Å²) in [7, 11) is -3.89. The first-order chi connectivity index (χ1) is 4.92. The van der Waals surface area contributed by atoms with Crippen molar-refractivity contribution in [1.29, 1.82) is 0 Å². The first-order valence-electron chi connectivity index (χ1n) is 2.97. The standard InChI is InChI=1S/C5H10NO4S/c1-5(7)6-3-2-4-11(8,9)10/h1-4H2,(H,6,7)(H,8,9,10). The first-order valence-corrected chi connectivity index (χ1v) is 4.57. The molecule has 0 aliphatic carbocycles. The molecule has 6 heteroatoms. The van der Waals surface area contributed by atoms with Crippen LogP contribution in [0.3, 0.4) is 0 Å². The molecule has 0 aromatic carbocycles. The highest BCUT2D eigenvalue weighted by Crippen LogP contribution is 1.85. The average molecular weight is 180 g/mol. The van der Waals surface area contributed by atoms with Crippen LogP contribution in [0.1, 0.15) is 6.42 Å². The lowest BCUT2D eigenvalue weighted by molar-refractivity contribution is -0.116. The molecule has 1 radical (unpaired) electrons. The Morgan fingerprint density at radius 3 is 2.45 bits per heavy atom. The Morgan fingerprint density at radius 2 is 2.09 bits per heavy atom. The second kappa shape index (κ2) is 4.30. The van der Waals surface area contributed by atoms with Gasteiger partial charge in [0, 0.05) is 13.5 Å². The van der Waals surface area contributed by atoms with Crippen LogP contribution >= 0.6 is 0 Å². The van der Waals surface area contributed by atoms with Crippen LogP contribution < -0.4 is 5.32 Å². The number of carbonyl (C=O) groups is 1. The van der Waals surface area contributed by atoms with Crippen molar-refractivity contribution in [3.8, 4) is 0 Å². The van der Waals surface area contributed by atoms with Crippen LogP contribution in [-0.4, -0.2) is 31.2 Å². The minimum Gasteiger partial charge on any atom is -0.356 e. The highest BCUT2D eigenvalue weighted by molar-refractivity contribution is 7.85. The molecule has 0 atom stereocenters. The largest absolute Gasteiger partial charge is 0.356 e. The summed E-state index contributed by atoms with van der Waals surface area (Å²) >= 11 is 0. The minimum atomic E-state index is -3.89. The number of rotatable bonds is 4. The van der Waals surface area contributed by atoms with Gasteiger partial charge in [0.2, 0.25) is 5.91 Å². The third-order valence-electron chi connectivity index (χ3n) is 0.901. The van der Waals surface area contributed by atoms with Crippen LogP contribution in [0.4, 0.5) is 0 Å². The van der Waals surface area contributed by atoms with Gasteiger partial charge in [-0.1, -0.05) is 0 Å². The summed E-state index contributed by atoms with van der Waals surface area (Å²) in [6, 6.07) is 0. The van der Waals surface area contributed by atoms with Crippen molar-refractivity contribution in [1.82, 2.24) is 5.32 Å². The van der Waals surface area contributed by atoms with Crippen molar-refractivity contribution in [2.24, 2.45) is 0 Å². The van der Waals surface area contributed by atoms with Crippen LogP contribution in [0.15, 0.2) is 0 Å². The molecule has 0 bridgehead atoms. The Labute approximate surface area is 65.5 Å². The van der Waals surface area contributed by atoms with Gasteiger partial charge >= 0.3 is 0 Å². The fraction of sp³-hybridized carbons (Fsp3) is 0.600. The van der Waals surface area contributed by atoms with Crippen LogP contribution in [0.5, 0.6) is 0 Å². The van der Waals surface area contributed by atoms with Gasteiger partial charge in [-0.25, -0.2) is 0 Å². The average Bonchev–Trinajstić information content (AvgIpc) is 1.78. The summed E-state index contributed by atoms with van der Waals surface area (Å²) in [4.78, 5) is 10.1. The van der Waals surface area contributed by atoms with E-state index >= 15 is 0 Å². The normalized spacial score (nSPS) is 11.1. The quantitative estimate of drug-likeness (QED) is 0.439. The van der Waals surface area contributed by atoms with E-state index in [0.717, 1.165) is 0 Å². The Bertz CT molecular complexity index is 221. The van der Waals surface area contributed by atoms with E-state index in [1.165, 1.54) is 0 Å². The first kappa shape index (κ1) is 10.4. The summed E-state index contributed by atoms with van der Waals surface area (Å²) in [5.74, 6) is -0.798. The van der Waals surface area contributed by atoms with Gasteiger partial charge in [0.25, 0.3) is 10.1 Å². The highest BCUT2D eigenvalue weighted by atomic mass is 32.2. The Hall–Kier alpha value is -0.620. The fourth-order valence-electron chi connectivity index (χ4n) is 0.482. The van der Waals surface area contributed by atoms with Crippen molar-refractivity contribution in [2.45, 2.75) is 6.42 Å². The van der Waals surface area contributed by atoms with E-state index in [-0.39, 0.29) is 18.7 Å². The van der Waals surface area contributed by atoms with E-state index in [4.69, 9.17) is 4.55 Å². The maximum Gasteiger partial charge on any atom is 0.264 e. The maximum absolute atomic E-state index is 10.1. The molecule has 0 saturated heterocycles. The van der Waals surface area contributed by atoms with Gasteiger partial charge in [-0.3, -0.25) is 9.35 Å².